The quantitative estimate of drug-likeness (QED) is 0.239. The second-order valence-corrected chi connectivity index (χ2v) is 8.43. The van der Waals surface area contributed by atoms with Gasteiger partial charge in [0, 0.05) is 47.4 Å². The zero-order chi connectivity index (χ0) is 27.4. The molecule has 3 aromatic carbocycles. The number of aliphatic imine (C=N–C) groups is 1. The summed E-state index contributed by atoms with van der Waals surface area (Å²) in [6, 6.07) is 13.8. The summed E-state index contributed by atoms with van der Waals surface area (Å²) in [5, 5.41) is 2.01. The summed E-state index contributed by atoms with van der Waals surface area (Å²) in [4.78, 5) is 38.6. The Hall–Kier alpha value is -4.57. The Morgan fingerprint density at radius 3 is 2.45 bits per heavy atom. The van der Waals surface area contributed by atoms with Crippen LogP contribution in [0.5, 0.6) is 0 Å². The number of allylic oxidation sites excluding steroid dienone is 1. The third-order valence-electron chi connectivity index (χ3n) is 5.46. The van der Waals surface area contributed by atoms with Gasteiger partial charge in [-0.05, 0) is 48.5 Å². The van der Waals surface area contributed by atoms with Crippen molar-refractivity contribution in [2.75, 3.05) is 12.4 Å². The molecule has 7 nitrogen and oxygen atoms in total. The summed E-state index contributed by atoms with van der Waals surface area (Å²) in [6.07, 6.45) is -0.268. The lowest BCUT2D eigenvalue weighted by atomic mass is 10.0. The number of hydrogen-bond donors (Lipinski definition) is 2. The number of ketones is 1. The van der Waals surface area contributed by atoms with Gasteiger partial charge in [0.1, 0.15) is 0 Å². The molecule has 0 aliphatic rings. The number of alkyl halides is 3. The highest BCUT2D eigenvalue weighted by molar-refractivity contribution is 6.31. The van der Waals surface area contributed by atoms with Crippen LogP contribution < -0.4 is 11.1 Å². The molecule has 38 heavy (non-hydrogen) atoms. The molecule has 0 unspecified atom stereocenters. The van der Waals surface area contributed by atoms with Gasteiger partial charge in [-0.25, -0.2) is 4.98 Å². The predicted molar refractivity (Wildman–Crippen MR) is 140 cm³/mol. The fraction of sp³-hybridized carbons (Fsp3) is 0.0741. The number of hydrogen-bond acceptors (Lipinski definition) is 6. The lowest BCUT2D eigenvalue weighted by Crippen LogP contribution is -2.14. The number of nitrogens with zero attached hydrogens (tertiary/aromatic N) is 3. The minimum atomic E-state index is -4.71. The van der Waals surface area contributed by atoms with E-state index in [9.17, 15) is 22.8 Å². The first-order valence-corrected chi connectivity index (χ1v) is 11.4. The molecular formula is C27H19ClF3N5O2. The molecule has 11 heteroatoms. The number of fused-ring (bicyclic) bond motifs is 1. The zero-order valence-electron chi connectivity index (χ0n) is 19.8. The van der Waals surface area contributed by atoms with Crippen LogP contribution in [0.4, 0.5) is 18.9 Å². The van der Waals surface area contributed by atoms with Gasteiger partial charge in [0.2, 0.25) is 0 Å². The molecule has 0 saturated carbocycles. The molecule has 4 aromatic rings. The first-order chi connectivity index (χ1) is 18.1. The van der Waals surface area contributed by atoms with Crippen molar-refractivity contribution in [3.05, 3.63) is 106 Å². The van der Waals surface area contributed by atoms with E-state index in [4.69, 9.17) is 17.3 Å². The molecule has 0 atom stereocenters. The van der Waals surface area contributed by atoms with E-state index in [0.717, 1.165) is 6.07 Å². The van der Waals surface area contributed by atoms with E-state index in [-0.39, 0.29) is 22.6 Å². The molecule has 0 spiro atoms. The van der Waals surface area contributed by atoms with Gasteiger partial charge in [-0.15, -0.1) is 0 Å². The number of benzene rings is 3. The summed E-state index contributed by atoms with van der Waals surface area (Å²) in [5.74, 6) is -1.14. The smallest absolute Gasteiger partial charge is 0.404 e. The van der Waals surface area contributed by atoms with Crippen molar-refractivity contribution in [1.82, 2.24) is 9.97 Å². The second kappa shape index (κ2) is 10.8. The van der Waals surface area contributed by atoms with Crippen molar-refractivity contribution in [3.63, 3.8) is 0 Å². The van der Waals surface area contributed by atoms with Crippen LogP contribution in [0.3, 0.4) is 0 Å². The van der Waals surface area contributed by atoms with Crippen molar-refractivity contribution in [2.45, 2.75) is 6.18 Å². The summed E-state index contributed by atoms with van der Waals surface area (Å²) < 4.78 is 39.5. The maximum absolute atomic E-state index is 13.2. The minimum Gasteiger partial charge on any atom is -0.404 e. The number of carbonyl (C=O) groups excluding carboxylic acids is 2. The monoisotopic (exact) mass is 537 g/mol. The van der Waals surface area contributed by atoms with Crippen molar-refractivity contribution < 1.29 is 22.8 Å². The van der Waals surface area contributed by atoms with Gasteiger partial charge in [-0.3, -0.25) is 19.6 Å². The highest BCUT2D eigenvalue weighted by atomic mass is 35.5. The first-order valence-electron chi connectivity index (χ1n) is 11.0. The van der Waals surface area contributed by atoms with E-state index in [1.807, 2.05) is 0 Å². The number of nitrogens with one attached hydrogen (secondary N) is 1. The Labute approximate surface area is 219 Å². The molecule has 192 valence electrons. The van der Waals surface area contributed by atoms with Crippen molar-refractivity contribution >= 4 is 51.8 Å². The van der Waals surface area contributed by atoms with E-state index in [1.54, 1.807) is 49.8 Å². The molecule has 1 heterocycles. The first kappa shape index (κ1) is 26.5. The maximum Gasteiger partial charge on any atom is 0.417 e. The largest absolute Gasteiger partial charge is 0.417 e. The number of carbonyl (C=O) groups is 2. The zero-order valence-corrected chi connectivity index (χ0v) is 20.5. The third kappa shape index (κ3) is 5.70. The standard InChI is InChI=1S/C27H19ClF3N5O2/c1-33-13-18(12-32)24-14-34-22-8-6-16(11-23(22)36-24)25(37)15-3-2-4-19(9-15)35-26(38)17-5-7-21(28)20(10-17)27(29,30)31/h2-14H,32H2,1H3,(H,35,38). The summed E-state index contributed by atoms with van der Waals surface area (Å²) in [7, 11) is 1.60. The molecule has 4 rings (SSSR count). The highest BCUT2D eigenvalue weighted by Crippen LogP contribution is 2.35. The molecule has 3 N–H and O–H groups in total. The normalized spacial score (nSPS) is 12.2. The molecule has 0 fully saturated rings. The number of rotatable bonds is 6. The average Bonchev–Trinajstić information content (AvgIpc) is 2.90. The summed E-state index contributed by atoms with van der Waals surface area (Å²) >= 11 is 5.63. The second-order valence-electron chi connectivity index (χ2n) is 8.02. The van der Waals surface area contributed by atoms with Gasteiger partial charge in [-0.2, -0.15) is 13.2 Å². The Morgan fingerprint density at radius 1 is 1.00 bits per heavy atom. The molecule has 0 bridgehead atoms. The Morgan fingerprint density at radius 2 is 1.74 bits per heavy atom. The Balaban J connectivity index is 1.59. The third-order valence-corrected chi connectivity index (χ3v) is 5.79. The van der Waals surface area contributed by atoms with Crippen LogP contribution in [-0.4, -0.2) is 34.9 Å². The lowest BCUT2D eigenvalue weighted by Gasteiger charge is -2.12. The van der Waals surface area contributed by atoms with Crippen LogP contribution >= 0.6 is 11.6 Å². The molecular weight excluding hydrogens is 519 g/mol. The van der Waals surface area contributed by atoms with Crippen LogP contribution in [0.25, 0.3) is 16.6 Å². The van der Waals surface area contributed by atoms with E-state index in [2.05, 4.69) is 20.3 Å². The topological polar surface area (TPSA) is 110 Å². The van der Waals surface area contributed by atoms with Crippen LogP contribution in [0.15, 0.2) is 78.1 Å². The summed E-state index contributed by atoms with van der Waals surface area (Å²) in [6.45, 7) is 0. The van der Waals surface area contributed by atoms with Crippen LogP contribution in [0.1, 0.15) is 37.5 Å². The number of halogens is 4. The Kier molecular flexibility index (Phi) is 7.54. The van der Waals surface area contributed by atoms with Gasteiger partial charge in [-0.1, -0.05) is 23.7 Å². The van der Waals surface area contributed by atoms with E-state index >= 15 is 0 Å². The van der Waals surface area contributed by atoms with E-state index in [1.165, 1.54) is 24.4 Å². The minimum absolute atomic E-state index is 0.226. The van der Waals surface area contributed by atoms with E-state index < -0.39 is 22.7 Å². The van der Waals surface area contributed by atoms with Crippen molar-refractivity contribution in [1.29, 1.82) is 0 Å². The van der Waals surface area contributed by atoms with Crippen LogP contribution in [-0.2, 0) is 6.18 Å². The molecule has 1 aromatic heterocycles. The Bertz CT molecular complexity index is 1620. The molecule has 1 amide bonds. The van der Waals surface area contributed by atoms with Gasteiger partial charge >= 0.3 is 6.18 Å². The fourth-order valence-corrected chi connectivity index (χ4v) is 3.84. The van der Waals surface area contributed by atoms with Crippen LogP contribution in [0.2, 0.25) is 5.02 Å². The fourth-order valence-electron chi connectivity index (χ4n) is 3.62. The number of aromatic nitrogens is 2. The SMILES string of the molecule is CN=CC(=CN)c1cnc2ccc(C(=O)c3cccc(NC(=O)c4ccc(Cl)c(C(F)(F)F)c4)c3)cc2n1. The average molecular weight is 538 g/mol. The van der Waals surface area contributed by atoms with Gasteiger partial charge in [0.25, 0.3) is 5.91 Å². The van der Waals surface area contributed by atoms with Crippen molar-refractivity contribution in [3.8, 4) is 0 Å². The summed E-state index contributed by atoms with van der Waals surface area (Å²) in [5.41, 5.74) is 7.16. The molecule has 0 radical (unpaired) electrons. The van der Waals surface area contributed by atoms with E-state index in [0.29, 0.717) is 33.9 Å². The number of anilines is 1. The van der Waals surface area contributed by atoms with Gasteiger partial charge in [0.15, 0.2) is 5.78 Å². The van der Waals surface area contributed by atoms with Gasteiger partial charge < -0.3 is 11.1 Å². The van der Waals surface area contributed by atoms with Crippen molar-refractivity contribution in [2.24, 2.45) is 10.7 Å². The van der Waals surface area contributed by atoms with Gasteiger partial charge in [0.05, 0.1) is 33.5 Å². The lowest BCUT2D eigenvalue weighted by molar-refractivity contribution is -0.137. The molecule has 0 aliphatic carbocycles. The molecule has 0 saturated heterocycles. The van der Waals surface area contributed by atoms with Crippen LogP contribution in [0, 0.1) is 0 Å². The molecule has 0 aliphatic heterocycles. The number of amides is 1. The number of nitrogens with two attached hydrogens (primary N) is 1. The predicted octanol–water partition coefficient (Wildman–Crippen LogP) is 5.79. The highest BCUT2D eigenvalue weighted by Gasteiger charge is 2.33. The maximum atomic E-state index is 13.2.